The van der Waals surface area contributed by atoms with Crippen LogP contribution in [-0.4, -0.2) is 18.5 Å². The van der Waals surface area contributed by atoms with E-state index in [1.165, 1.54) is 25.7 Å². The molecular formula is C14H27NO. The molecule has 2 nitrogen and oxygen atoms in total. The Bertz CT molecular complexity index is 245. The van der Waals surface area contributed by atoms with E-state index in [4.69, 9.17) is 9.73 Å². The van der Waals surface area contributed by atoms with Gasteiger partial charge in [-0.2, -0.15) is 0 Å². The van der Waals surface area contributed by atoms with Gasteiger partial charge in [-0.15, -0.1) is 0 Å². The molecule has 0 aromatic heterocycles. The van der Waals surface area contributed by atoms with Gasteiger partial charge >= 0.3 is 0 Å². The van der Waals surface area contributed by atoms with Crippen molar-refractivity contribution in [2.75, 3.05) is 6.61 Å². The van der Waals surface area contributed by atoms with Crippen LogP contribution in [0.5, 0.6) is 0 Å². The van der Waals surface area contributed by atoms with E-state index in [1.54, 1.807) is 0 Å². The Morgan fingerprint density at radius 2 is 2.12 bits per heavy atom. The first-order valence-electron chi connectivity index (χ1n) is 6.72. The maximum absolute atomic E-state index is 5.80. The molecule has 94 valence electrons. The van der Waals surface area contributed by atoms with Crippen molar-refractivity contribution in [1.82, 2.24) is 0 Å². The number of ether oxygens (including phenoxy) is 1. The SMILES string of the molecule is CCCCC(C)(C)C1=NC(C(C)CC)CO1. The van der Waals surface area contributed by atoms with E-state index in [1.807, 2.05) is 0 Å². The second-order valence-corrected chi connectivity index (χ2v) is 5.69. The number of hydrogen-bond acceptors (Lipinski definition) is 2. The van der Waals surface area contributed by atoms with Crippen molar-refractivity contribution >= 4 is 5.90 Å². The molecule has 1 heterocycles. The average Bonchev–Trinajstić information content (AvgIpc) is 2.75. The lowest BCUT2D eigenvalue weighted by atomic mass is 9.87. The fourth-order valence-electron chi connectivity index (χ4n) is 2.05. The van der Waals surface area contributed by atoms with Crippen LogP contribution in [-0.2, 0) is 4.74 Å². The van der Waals surface area contributed by atoms with Gasteiger partial charge in [0.15, 0.2) is 5.90 Å². The monoisotopic (exact) mass is 225 g/mol. The molecule has 0 radical (unpaired) electrons. The highest BCUT2D eigenvalue weighted by Crippen LogP contribution is 2.30. The summed E-state index contributed by atoms with van der Waals surface area (Å²) in [6, 6.07) is 0.390. The summed E-state index contributed by atoms with van der Waals surface area (Å²) in [6.07, 6.45) is 4.85. The molecule has 0 aromatic rings. The number of hydrogen-bond donors (Lipinski definition) is 0. The minimum absolute atomic E-state index is 0.123. The second-order valence-electron chi connectivity index (χ2n) is 5.69. The summed E-state index contributed by atoms with van der Waals surface area (Å²) in [6.45, 7) is 12.0. The summed E-state index contributed by atoms with van der Waals surface area (Å²) >= 11 is 0. The van der Waals surface area contributed by atoms with Crippen molar-refractivity contribution in [3.8, 4) is 0 Å². The van der Waals surface area contributed by atoms with Crippen LogP contribution in [0.25, 0.3) is 0 Å². The molecule has 0 saturated heterocycles. The van der Waals surface area contributed by atoms with Crippen molar-refractivity contribution < 1.29 is 4.74 Å². The molecule has 0 aromatic carbocycles. The number of unbranched alkanes of at least 4 members (excludes halogenated alkanes) is 1. The zero-order valence-corrected chi connectivity index (χ0v) is 11.5. The summed E-state index contributed by atoms with van der Waals surface area (Å²) < 4.78 is 5.80. The summed E-state index contributed by atoms with van der Waals surface area (Å²) in [5, 5.41) is 0. The summed E-state index contributed by atoms with van der Waals surface area (Å²) in [5.41, 5.74) is 0.123. The molecule has 0 saturated carbocycles. The molecule has 2 unspecified atom stereocenters. The van der Waals surface area contributed by atoms with Gasteiger partial charge in [-0.1, -0.05) is 53.9 Å². The largest absolute Gasteiger partial charge is 0.478 e. The van der Waals surface area contributed by atoms with Gasteiger partial charge in [0.05, 0.1) is 6.04 Å². The normalized spacial score (nSPS) is 22.8. The third-order valence-corrected chi connectivity index (χ3v) is 3.71. The van der Waals surface area contributed by atoms with E-state index in [0.717, 1.165) is 12.5 Å². The van der Waals surface area contributed by atoms with Crippen LogP contribution in [0.3, 0.4) is 0 Å². The van der Waals surface area contributed by atoms with E-state index in [0.29, 0.717) is 12.0 Å². The van der Waals surface area contributed by atoms with Crippen LogP contribution in [0.4, 0.5) is 0 Å². The third kappa shape index (κ3) is 3.23. The van der Waals surface area contributed by atoms with Gasteiger partial charge < -0.3 is 4.74 Å². The van der Waals surface area contributed by atoms with Crippen LogP contribution in [0.1, 0.15) is 60.3 Å². The smallest absolute Gasteiger partial charge is 0.189 e. The summed E-state index contributed by atoms with van der Waals surface area (Å²) in [7, 11) is 0. The molecule has 0 amide bonds. The molecule has 1 aliphatic rings. The van der Waals surface area contributed by atoms with Crippen molar-refractivity contribution in [3.05, 3.63) is 0 Å². The Balaban J connectivity index is 2.60. The topological polar surface area (TPSA) is 21.6 Å². The van der Waals surface area contributed by atoms with Crippen LogP contribution in [0.2, 0.25) is 0 Å². The first-order chi connectivity index (χ1) is 7.51. The molecular weight excluding hydrogens is 198 g/mol. The Hall–Kier alpha value is -0.530. The molecule has 0 N–H and O–H groups in total. The minimum Gasteiger partial charge on any atom is -0.478 e. The van der Waals surface area contributed by atoms with E-state index >= 15 is 0 Å². The average molecular weight is 225 g/mol. The Kier molecular flexibility index (Phi) is 4.82. The number of aliphatic imine (C=N–C) groups is 1. The molecule has 2 heteroatoms. The Morgan fingerprint density at radius 3 is 2.69 bits per heavy atom. The minimum atomic E-state index is 0.123. The first-order valence-corrected chi connectivity index (χ1v) is 6.72. The predicted molar refractivity (Wildman–Crippen MR) is 69.9 cm³/mol. The van der Waals surface area contributed by atoms with Gasteiger partial charge in [-0.25, -0.2) is 4.99 Å². The van der Waals surface area contributed by atoms with E-state index in [9.17, 15) is 0 Å². The van der Waals surface area contributed by atoms with Gasteiger partial charge in [0.25, 0.3) is 0 Å². The van der Waals surface area contributed by atoms with E-state index < -0.39 is 0 Å². The molecule has 2 atom stereocenters. The predicted octanol–water partition coefficient (Wildman–Crippen LogP) is 4.05. The molecule has 0 fully saturated rings. The lowest BCUT2D eigenvalue weighted by molar-refractivity contribution is 0.248. The van der Waals surface area contributed by atoms with Crippen LogP contribution < -0.4 is 0 Å². The third-order valence-electron chi connectivity index (χ3n) is 3.71. The van der Waals surface area contributed by atoms with Crippen molar-refractivity contribution in [2.24, 2.45) is 16.3 Å². The highest BCUT2D eigenvalue weighted by molar-refractivity contribution is 5.83. The first kappa shape index (κ1) is 13.5. The molecule has 0 aliphatic carbocycles. The lowest BCUT2D eigenvalue weighted by Crippen LogP contribution is -2.24. The number of nitrogens with zero attached hydrogens (tertiary/aromatic N) is 1. The number of rotatable bonds is 6. The Morgan fingerprint density at radius 1 is 1.44 bits per heavy atom. The van der Waals surface area contributed by atoms with Crippen molar-refractivity contribution in [2.45, 2.75) is 66.3 Å². The maximum atomic E-state index is 5.80. The highest BCUT2D eigenvalue weighted by Gasteiger charge is 2.33. The van der Waals surface area contributed by atoms with Gasteiger partial charge in [0.2, 0.25) is 0 Å². The molecule has 1 aliphatic heterocycles. The summed E-state index contributed by atoms with van der Waals surface area (Å²) in [5.74, 6) is 1.63. The van der Waals surface area contributed by atoms with E-state index in [-0.39, 0.29) is 5.41 Å². The molecule has 1 rings (SSSR count). The fourth-order valence-corrected chi connectivity index (χ4v) is 2.05. The zero-order chi connectivity index (χ0) is 12.2. The zero-order valence-electron chi connectivity index (χ0n) is 11.5. The van der Waals surface area contributed by atoms with Crippen LogP contribution in [0, 0.1) is 11.3 Å². The van der Waals surface area contributed by atoms with Crippen molar-refractivity contribution in [1.29, 1.82) is 0 Å². The molecule has 0 spiro atoms. The van der Waals surface area contributed by atoms with E-state index in [2.05, 4.69) is 34.6 Å². The lowest BCUT2D eigenvalue weighted by Gasteiger charge is -2.23. The molecule has 0 bridgehead atoms. The van der Waals surface area contributed by atoms with Crippen molar-refractivity contribution in [3.63, 3.8) is 0 Å². The van der Waals surface area contributed by atoms with Gasteiger partial charge in [0.1, 0.15) is 6.61 Å². The fraction of sp³-hybridized carbons (Fsp3) is 0.929. The highest BCUT2D eigenvalue weighted by atomic mass is 16.5. The standard InChI is InChI=1S/C14H27NO/c1-6-8-9-14(4,5)13-15-12(10-16-13)11(3)7-2/h11-12H,6-10H2,1-5H3. The van der Waals surface area contributed by atoms with Gasteiger partial charge in [-0.3, -0.25) is 0 Å². The second kappa shape index (κ2) is 5.70. The molecule has 16 heavy (non-hydrogen) atoms. The van der Waals surface area contributed by atoms with Crippen LogP contribution >= 0.6 is 0 Å². The van der Waals surface area contributed by atoms with Gasteiger partial charge in [0, 0.05) is 5.41 Å². The van der Waals surface area contributed by atoms with Crippen LogP contribution in [0.15, 0.2) is 4.99 Å². The quantitative estimate of drug-likeness (QED) is 0.668. The van der Waals surface area contributed by atoms with Gasteiger partial charge in [-0.05, 0) is 12.3 Å². The maximum Gasteiger partial charge on any atom is 0.189 e. The summed E-state index contributed by atoms with van der Waals surface area (Å²) in [4.78, 5) is 4.78. The Labute approximate surface area is 100 Å².